The molecule has 0 saturated heterocycles. The average molecular weight is 248 g/mol. The topological polar surface area (TPSA) is 23.5 Å². The van der Waals surface area contributed by atoms with Crippen LogP contribution in [0.1, 0.15) is 19.4 Å². The van der Waals surface area contributed by atoms with Gasteiger partial charge in [-0.2, -0.15) is 0 Å². The fourth-order valence-electron chi connectivity index (χ4n) is 2.31. The van der Waals surface area contributed by atoms with Crippen molar-refractivity contribution in [2.45, 2.75) is 20.0 Å². The zero-order valence-electron chi connectivity index (χ0n) is 10.9. The van der Waals surface area contributed by atoms with Gasteiger partial charge in [0.05, 0.1) is 6.10 Å². The van der Waals surface area contributed by atoms with Gasteiger partial charge in [0.15, 0.2) is 0 Å². The van der Waals surface area contributed by atoms with Gasteiger partial charge in [-0.1, -0.05) is 32.1 Å². The maximum Gasteiger partial charge on any atom is 0.123 e. The molecule has 0 aromatic heterocycles. The van der Waals surface area contributed by atoms with E-state index in [1.54, 1.807) is 12.1 Å². The van der Waals surface area contributed by atoms with E-state index >= 15 is 0 Å². The molecule has 0 spiro atoms. The molecule has 0 fully saturated rings. The van der Waals surface area contributed by atoms with Crippen molar-refractivity contribution in [2.24, 2.45) is 0 Å². The molecule has 0 saturated carbocycles. The van der Waals surface area contributed by atoms with E-state index in [1.807, 2.05) is 6.08 Å². The molecule has 1 heterocycles. The van der Waals surface area contributed by atoms with Gasteiger partial charge in [-0.15, -0.1) is 0 Å². The Bertz CT molecular complexity index is 425. The number of β-amino-alcohol motifs (C(OH)–C–C–N with tert-alkyl or cyclic N) is 1. The van der Waals surface area contributed by atoms with Crippen molar-refractivity contribution >= 4 is 5.57 Å². The molecule has 0 aliphatic carbocycles. The average Bonchev–Trinajstić information content (AvgIpc) is 2.30. The van der Waals surface area contributed by atoms with Crippen molar-refractivity contribution < 1.29 is 9.50 Å². The number of hydrogen-bond donors (Lipinski definition) is 1. The summed E-state index contributed by atoms with van der Waals surface area (Å²) in [5, 5.41) is 10.2. The maximum absolute atomic E-state index is 12.9. The molecule has 0 amide bonds. The number of hydrogen-bond acceptors (Lipinski definition) is 2. The Morgan fingerprint density at radius 1 is 1.33 bits per heavy atom. The van der Waals surface area contributed by atoms with E-state index in [1.165, 1.54) is 18.1 Å². The third-order valence-corrected chi connectivity index (χ3v) is 3.08. The molecule has 1 atom stereocenters. The van der Waals surface area contributed by atoms with Crippen LogP contribution in [0, 0.1) is 11.7 Å². The Hall–Kier alpha value is -1.19. The zero-order valence-corrected chi connectivity index (χ0v) is 10.9. The number of rotatable bonds is 3. The Morgan fingerprint density at radius 2 is 2.00 bits per heavy atom. The van der Waals surface area contributed by atoms with Crippen LogP contribution in [0.15, 0.2) is 30.3 Å². The van der Waals surface area contributed by atoms with Gasteiger partial charge in [0.25, 0.3) is 0 Å². The van der Waals surface area contributed by atoms with Crippen LogP contribution in [0.5, 0.6) is 0 Å². The summed E-state index contributed by atoms with van der Waals surface area (Å²) in [6.45, 7) is 6.55. The molecule has 18 heavy (non-hydrogen) atoms. The standard InChI is InChI=1S/C15H19FNO/c1-11(2)9-17-8-7-14(15(18)10-17)12-3-5-13(16)6-4-12/h3-7,15,18H,8-10H2,1-2H3. The second kappa shape index (κ2) is 5.63. The van der Waals surface area contributed by atoms with Gasteiger partial charge < -0.3 is 5.11 Å². The van der Waals surface area contributed by atoms with Crippen LogP contribution in [-0.2, 0) is 0 Å². The summed E-state index contributed by atoms with van der Waals surface area (Å²) < 4.78 is 12.9. The Kier molecular flexibility index (Phi) is 4.15. The van der Waals surface area contributed by atoms with Crippen LogP contribution in [-0.4, -0.2) is 35.7 Å². The molecule has 0 bridgehead atoms. The molecular weight excluding hydrogens is 229 g/mol. The highest BCUT2D eigenvalue weighted by Crippen LogP contribution is 2.23. The number of benzene rings is 1. The Morgan fingerprint density at radius 3 is 2.56 bits per heavy atom. The van der Waals surface area contributed by atoms with Gasteiger partial charge >= 0.3 is 0 Å². The molecule has 1 aromatic rings. The fraction of sp³-hybridized carbons (Fsp3) is 0.400. The minimum atomic E-state index is -0.497. The van der Waals surface area contributed by atoms with Crippen LogP contribution in [0.4, 0.5) is 4.39 Å². The van der Waals surface area contributed by atoms with E-state index in [0.29, 0.717) is 6.54 Å². The molecule has 1 radical (unpaired) electrons. The molecule has 1 aromatic carbocycles. The van der Waals surface area contributed by atoms with Crippen molar-refractivity contribution in [3.05, 3.63) is 47.6 Å². The summed E-state index contributed by atoms with van der Waals surface area (Å²) in [6.07, 6.45) is 1.54. The summed E-state index contributed by atoms with van der Waals surface area (Å²) in [7, 11) is 0. The highest BCUT2D eigenvalue weighted by atomic mass is 19.1. The Labute approximate surface area is 108 Å². The monoisotopic (exact) mass is 248 g/mol. The lowest BCUT2D eigenvalue weighted by atomic mass is 9.96. The molecule has 3 heteroatoms. The van der Waals surface area contributed by atoms with E-state index in [9.17, 15) is 9.50 Å². The second-order valence-corrected chi connectivity index (χ2v) is 5.08. The number of aliphatic hydroxyl groups excluding tert-OH is 1. The zero-order chi connectivity index (χ0) is 13.1. The first-order chi connectivity index (χ1) is 8.56. The lowest BCUT2D eigenvalue weighted by Gasteiger charge is -2.31. The van der Waals surface area contributed by atoms with Crippen molar-refractivity contribution in [1.82, 2.24) is 4.90 Å². The van der Waals surface area contributed by atoms with E-state index in [2.05, 4.69) is 18.7 Å². The van der Waals surface area contributed by atoms with Gasteiger partial charge in [-0.05, 0) is 29.2 Å². The molecule has 2 nitrogen and oxygen atoms in total. The highest BCUT2D eigenvalue weighted by molar-refractivity contribution is 5.69. The SMILES string of the molecule is C[C](C)CN1CC=C(c2ccc(F)cc2)C(O)C1. The van der Waals surface area contributed by atoms with E-state index in [4.69, 9.17) is 0 Å². The van der Waals surface area contributed by atoms with E-state index < -0.39 is 6.10 Å². The van der Waals surface area contributed by atoms with Crippen LogP contribution < -0.4 is 0 Å². The first-order valence-corrected chi connectivity index (χ1v) is 6.21. The number of halogens is 1. The molecule has 1 unspecified atom stereocenters. The molecular formula is C15H19FNO. The normalized spacial score (nSPS) is 21.2. The summed E-state index contributed by atoms with van der Waals surface area (Å²) in [6, 6.07) is 6.30. The molecule has 1 aliphatic rings. The predicted octanol–water partition coefficient (Wildman–Crippen LogP) is 2.50. The fourth-order valence-corrected chi connectivity index (χ4v) is 2.31. The first-order valence-electron chi connectivity index (χ1n) is 6.21. The molecule has 1 aliphatic heterocycles. The van der Waals surface area contributed by atoms with Crippen LogP contribution >= 0.6 is 0 Å². The molecule has 97 valence electrons. The summed E-state index contributed by atoms with van der Waals surface area (Å²) in [5.41, 5.74) is 1.81. The summed E-state index contributed by atoms with van der Waals surface area (Å²) >= 11 is 0. The van der Waals surface area contributed by atoms with Gasteiger partial charge in [-0.3, -0.25) is 4.90 Å². The summed E-state index contributed by atoms with van der Waals surface area (Å²) in [5.74, 6) is 1.09. The number of aliphatic hydroxyl groups is 1. The van der Waals surface area contributed by atoms with Crippen molar-refractivity contribution in [2.75, 3.05) is 19.6 Å². The van der Waals surface area contributed by atoms with Crippen molar-refractivity contribution in [1.29, 1.82) is 0 Å². The Balaban J connectivity index is 2.11. The minimum absolute atomic E-state index is 0.248. The van der Waals surface area contributed by atoms with Crippen LogP contribution in [0.25, 0.3) is 5.57 Å². The van der Waals surface area contributed by atoms with Gasteiger partial charge in [-0.25, -0.2) is 4.39 Å². The third-order valence-electron chi connectivity index (χ3n) is 3.08. The smallest absolute Gasteiger partial charge is 0.123 e. The first kappa shape index (κ1) is 13.2. The second-order valence-electron chi connectivity index (χ2n) is 5.08. The predicted molar refractivity (Wildman–Crippen MR) is 71.4 cm³/mol. The number of nitrogens with zero attached hydrogens (tertiary/aromatic N) is 1. The lowest BCUT2D eigenvalue weighted by Crippen LogP contribution is -2.39. The largest absolute Gasteiger partial charge is 0.387 e. The third kappa shape index (κ3) is 3.18. The van der Waals surface area contributed by atoms with E-state index in [-0.39, 0.29) is 5.82 Å². The van der Waals surface area contributed by atoms with Gasteiger partial charge in [0.2, 0.25) is 0 Å². The lowest BCUT2D eigenvalue weighted by molar-refractivity contribution is 0.155. The quantitative estimate of drug-likeness (QED) is 0.888. The minimum Gasteiger partial charge on any atom is -0.387 e. The van der Waals surface area contributed by atoms with Gasteiger partial charge in [0.1, 0.15) is 5.82 Å². The summed E-state index contributed by atoms with van der Waals surface area (Å²) in [4.78, 5) is 2.20. The van der Waals surface area contributed by atoms with Crippen LogP contribution in [0.3, 0.4) is 0 Å². The van der Waals surface area contributed by atoms with Crippen molar-refractivity contribution in [3.63, 3.8) is 0 Å². The highest BCUT2D eigenvalue weighted by Gasteiger charge is 2.21. The molecule has 1 N–H and O–H groups in total. The van der Waals surface area contributed by atoms with Gasteiger partial charge in [0, 0.05) is 19.6 Å². The van der Waals surface area contributed by atoms with E-state index in [0.717, 1.165) is 24.2 Å². The van der Waals surface area contributed by atoms with Crippen molar-refractivity contribution in [3.8, 4) is 0 Å². The maximum atomic E-state index is 12.9. The molecule has 2 rings (SSSR count). The van der Waals surface area contributed by atoms with Crippen LogP contribution in [0.2, 0.25) is 0 Å².